The standard InChI is InChI=1S/C18H19FN2O2S/c1-11-2-7-14-15(10-24-16(14)8-11)18(23)21-20-17(22)9-12-3-5-13(19)6-4-12/h3-6,10-11H,2,7-9H2,1H3,(H,20,22)(H,21,23). The first kappa shape index (κ1) is 16.6. The molecule has 1 unspecified atom stereocenters. The summed E-state index contributed by atoms with van der Waals surface area (Å²) in [5.74, 6) is -0.311. The Labute approximate surface area is 144 Å². The van der Waals surface area contributed by atoms with Crippen LogP contribution < -0.4 is 10.9 Å². The van der Waals surface area contributed by atoms with Crippen LogP contribution >= 0.6 is 11.3 Å². The zero-order valence-electron chi connectivity index (χ0n) is 13.4. The number of rotatable bonds is 3. The van der Waals surface area contributed by atoms with E-state index in [1.165, 1.54) is 17.0 Å². The molecule has 0 aliphatic heterocycles. The Morgan fingerprint density at radius 1 is 1.25 bits per heavy atom. The lowest BCUT2D eigenvalue weighted by molar-refractivity contribution is -0.121. The number of amides is 2. The molecule has 0 radical (unpaired) electrons. The highest BCUT2D eigenvalue weighted by atomic mass is 32.1. The normalized spacial score (nSPS) is 16.3. The van der Waals surface area contributed by atoms with Crippen molar-refractivity contribution in [2.45, 2.75) is 32.6 Å². The molecule has 4 nitrogen and oxygen atoms in total. The Hall–Kier alpha value is -2.21. The molecule has 1 aromatic heterocycles. The van der Waals surface area contributed by atoms with E-state index in [0.29, 0.717) is 17.0 Å². The van der Waals surface area contributed by atoms with Gasteiger partial charge >= 0.3 is 0 Å². The molecule has 6 heteroatoms. The number of hydrogen-bond donors (Lipinski definition) is 2. The SMILES string of the molecule is CC1CCc2c(C(=O)NNC(=O)Cc3ccc(F)cc3)csc2C1. The number of hydrazine groups is 1. The summed E-state index contributed by atoms with van der Waals surface area (Å²) >= 11 is 1.61. The zero-order chi connectivity index (χ0) is 17.1. The van der Waals surface area contributed by atoms with Crippen molar-refractivity contribution in [3.63, 3.8) is 0 Å². The Kier molecular flexibility index (Phi) is 4.94. The lowest BCUT2D eigenvalue weighted by atomic mass is 9.88. The van der Waals surface area contributed by atoms with Crippen LogP contribution in [-0.4, -0.2) is 11.8 Å². The Balaban J connectivity index is 1.56. The van der Waals surface area contributed by atoms with Crippen molar-refractivity contribution in [3.05, 3.63) is 57.0 Å². The van der Waals surface area contributed by atoms with E-state index < -0.39 is 0 Å². The number of benzene rings is 1. The second-order valence-corrected chi connectivity index (χ2v) is 7.17. The van der Waals surface area contributed by atoms with Crippen molar-refractivity contribution in [2.24, 2.45) is 5.92 Å². The summed E-state index contributed by atoms with van der Waals surface area (Å²) in [5, 5.41) is 1.87. The van der Waals surface area contributed by atoms with Crippen LogP contribution in [0.3, 0.4) is 0 Å². The van der Waals surface area contributed by atoms with E-state index in [-0.39, 0.29) is 24.1 Å². The second-order valence-electron chi connectivity index (χ2n) is 6.20. The average Bonchev–Trinajstić information content (AvgIpc) is 2.98. The first-order chi connectivity index (χ1) is 11.5. The van der Waals surface area contributed by atoms with E-state index >= 15 is 0 Å². The van der Waals surface area contributed by atoms with Crippen molar-refractivity contribution in [1.82, 2.24) is 10.9 Å². The summed E-state index contributed by atoms with van der Waals surface area (Å²) in [4.78, 5) is 25.5. The van der Waals surface area contributed by atoms with E-state index in [0.717, 1.165) is 24.8 Å². The maximum Gasteiger partial charge on any atom is 0.270 e. The molecule has 3 rings (SSSR count). The molecule has 24 heavy (non-hydrogen) atoms. The molecular formula is C18H19FN2O2S. The van der Waals surface area contributed by atoms with E-state index in [1.807, 2.05) is 5.38 Å². The zero-order valence-corrected chi connectivity index (χ0v) is 14.2. The molecular weight excluding hydrogens is 327 g/mol. The molecule has 1 aliphatic rings. The van der Waals surface area contributed by atoms with Crippen LogP contribution in [0.2, 0.25) is 0 Å². The Morgan fingerprint density at radius 2 is 2.00 bits per heavy atom. The van der Waals surface area contributed by atoms with Gasteiger partial charge in [0.1, 0.15) is 5.82 Å². The quantitative estimate of drug-likeness (QED) is 0.840. The maximum atomic E-state index is 12.8. The lowest BCUT2D eigenvalue weighted by Crippen LogP contribution is -2.42. The predicted molar refractivity (Wildman–Crippen MR) is 91.2 cm³/mol. The molecule has 0 bridgehead atoms. The molecule has 2 N–H and O–H groups in total. The molecule has 1 heterocycles. The molecule has 1 aromatic carbocycles. The smallest absolute Gasteiger partial charge is 0.270 e. The topological polar surface area (TPSA) is 58.2 Å². The van der Waals surface area contributed by atoms with Crippen LogP contribution in [0.1, 0.15) is 39.7 Å². The minimum atomic E-state index is -0.344. The highest BCUT2D eigenvalue weighted by Crippen LogP contribution is 2.32. The van der Waals surface area contributed by atoms with Gasteiger partial charge in [-0.2, -0.15) is 0 Å². The van der Waals surface area contributed by atoms with Gasteiger partial charge in [-0.3, -0.25) is 20.4 Å². The number of fused-ring (bicyclic) bond motifs is 1. The monoisotopic (exact) mass is 346 g/mol. The largest absolute Gasteiger partial charge is 0.273 e. The Morgan fingerprint density at radius 3 is 2.75 bits per heavy atom. The van der Waals surface area contributed by atoms with Gasteiger partial charge in [-0.05, 0) is 48.4 Å². The number of carbonyl (C=O) groups excluding carboxylic acids is 2. The molecule has 126 valence electrons. The van der Waals surface area contributed by atoms with Crippen molar-refractivity contribution in [3.8, 4) is 0 Å². The van der Waals surface area contributed by atoms with Crippen LogP contribution in [0.15, 0.2) is 29.6 Å². The van der Waals surface area contributed by atoms with Gasteiger partial charge in [0, 0.05) is 10.3 Å². The van der Waals surface area contributed by atoms with E-state index in [9.17, 15) is 14.0 Å². The summed E-state index contributed by atoms with van der Waals surface area (Å²) in [6.07, 6.45) is 3.09. The van der Waals surface area contributed by atoms with Crippen molar-refractivity contribution < 1.29 is 14.0 Å². The third kappa shape index (κ3) is 3.82. The van der Waals surface area contributed by atoms with Crippen LogP contribution in [0.4, 0.5) is 4.39 Å². The minimum absolute atomic E-state index is 0.0832. The molecule has 0 saturated carbocycles. The number of carbonyl (C=O) groups is 2. The number of nitrogens with one attached hydrogen (secondary N) is 2. The lowest BCUT2D eigenvalue weighted by Gasteiger charge is -2.18. The van der Waals surface area contributed by atoms with Crippen LogP contribution in [0, 0.1) is 11.7 Å². The fourth-order valence-electron chi connectivity index (χ4n) is 2.89. The summed E-state index contributed by atoms with van der Waals surface area (Å²) in [7, 11) is 0. The third-order valence-electron chi connectivity index (χ3n) is 4.24. The fraction of sp³-hybridized carbons (Fsp3) is 0.333. The summed E-state index contributed by atoms with van der Waals surface area (Å²) in [5.41, 5.74) is 7.35. The van der Waals surface area contributed by atoms with E-state index in [1.54, 1.807) is 23.5 Å². The molecule has 0 fully saturated rings. The van der Waals surface area contributed by atoms with Gasteiger partial charge in [-0.25, -0.2) is 4.39 Å². The van der Waals surface area contributed by atoms with Crippen LogP contribution in [0.5, 0.6) is 0 Å². The van der Waals surface area contributed by atoms with Crippen molar-refractivity contribution >= 4 is 23.2 Å². The highest BCUT2D eigenvalue weighted by molar-refractivity contribution is 7.10. The first-order valence-electron chi connectivity index (χ1n) is 7.96. The minimum Gasteiger partial charge on any atom is -0.273 e. The van der Waals surface area contributed by atoms with Crippen molar-refractivity contribution in [2.75, 3.05) is 0 Å². The molecule has 0 saturated heterocycles. The molecule has 2 amide bonds. The van der Waals surface area contributed by atoms with E-state index in [2.05, 4.69) is 17.8 Å². The van der Waals surface area contributed by atoms with Gasteiger partial charge in [0.05, 0.1) is 12.0 Å². The predicted octanol–water partition coefficient (Wildman–Crippen LogP) is 3.02. The van der Waals surface area contributed by atoms with Gasteiger partial charge in [0.25, 0.3) is 5.91 Å². The Bertz CT molecular complexity index is 755. The molecule has 1 aliphatic carbocycles. The second kappa shape index (κ2) is 7.13. The van der Waals surface area contributed by atoms with Crippen molar-refractivity contribution in [1.29, 1.82) is 0 Å². The molecule has 2 aromatic rings. The number of hydrogen-bond acceptors (Lipinski definition) is 3. The van der Waals surface area contributed by atoms with Gasteiger partial charge in [0.2, 0.25) is 5.91 Å². The van der Waals surface area contributed by atoms with Gasteiger partial charge < -0.3 is 0 Å². The summed E-state index contributed by atoms with van der Waals surface area (Å²) in [6, 6.07) is 5.71. The van der Waals surface area contributed by atoms with Gasteiger partial charge in [-0.1, -0.05) is 19.1 Å². The number of thiophene rings is 1. The van der Waals surface area contributed by atoms with Gasteiger partial charge in [-0.15, -0.1) is 11.3 Å². The summed E-state index contributed by atoms with van der Waals surface area (Å²) in [6.45, 7) is 2.22. The van der Waals surface area contributed by atoms with Crippen LogP contribution in [-0.2, 0) is 24.1 Å². The first-order valence-corrected chi connectivity index (χ1v) is 8.83. The van der Waals surface area contributed by atoms with E-state index in [4.69, 9.17) is 0 Å². The maximum absolute atomic E-state index is 12.8. The fourth-order valence-corrected chi connectivity index (χ4v) is 4.14. The third-order valence-corrected chi connectivity index (χ3v) is 5.29. The highest BCUT2D eigenvalue weighted by Gasteiger charge is 2.23. The molecule has 1 atom stereocenters. The summed E-state index contributed by atoms with van der Waals surface area (Å²) < 4.78 is 12.8. The van der Waals surface area contributed by atoms with Crippen LogP contribution in [0.25, 0.3) is 0 Å². The average molecular weight is 346 g/mol. The van der Waals surface area contributed by atoms with Gasteiger partial charge in [0.15, 0.2) is 0 Å². The molecule has 0 spiro atoms. The number of halogens is 1.